The van der Waals surface area contributed by atoms with Crippen LogP contribution in [0.25, 0.3) is 0 Å². The Labute approximate surface area is 167 Å². The molecule has 1 aromatic carbocycles. The summed E-state index contributed by atoms with van der Waals surface area (Å²) in [7, 11) is 0. The summed E-state index contributed by atoms with van der Waals surface area (Å²) in [4.78, 5) is 29.3. The number of rotatable bonds is 2. The molecule has 4 nitrogen and oxygen atoms in total. The molecule has 0 N–H and O–H groups in total. The fourth-order valence-electron chi connectivity index (χ4n) is 5.28. The second kappa shape index (κ2) is 8.73. The lowest BCUT2D eigenvalue weighted by molar-refractivity contribution is -0.126. The number of halogens is 1. The molecule has 1 saturated heterocycles. The van der Waals surface area contributed by atoms with Crippen LogP contribution in [0.5, 0.6) is 0 Å². The SMILES string of the molecule is O=C1CC(=O)N(C2CCN(C3CCCCCCC3)CC2)c2cc(F)ccc2C1. The number of Topliss-reactive ketones (excluding diaryl/α,β-unsaturated/α-hetero) is 1. The first-order valence-corrected chi connectivity index (χ1v) is 11.0. The van der Waals surface area contributed by atoms with Crippen LogP contribution < -0.4 is 4.90 Å². The van der Waals surface area contributed by atoms with Gasteiger partial charge >= 0.3 is 0 Å². The predicted octanol–water partition coefficient (Wildman–Crippen LogP) is 4.25. The molecule has 5 heteroatoms. The highest BCUT2D eigenvalue weighted by Gasteiger charge is 2.35. The van der Waals surface area contributed by atoms with Crippen LogP contribution >= 0.6 is 0 Å². The average Bonchev–Trinajstić information content (AvgIpc) is 2.76. The maximum Gasteiger partial charge on any atom is 0.234 e. The van der Waals surface area contributed by atoms with Gasteiger partial charge in [-0.15, -0.1) is 0 Å². The van der Waals surface area contributed by atoms with E-state index >= 15 is 0 Å². The van der Waals surface area contributed by atoms with Crippen LogP contribution in [0.3, 0.4) is 0 Å². The standard InChI is InChI=1S/C23H31FN2O2/c24-18-9-8-17-14-21(27)16-23(28)26(22(17)15-18)20-10-12-25(13-11-20)19-6-4-2-1-3-5-7-19/h8-9,15,19-20H,1-7,10-14,16H2. The van der Waals surface area contributed by atoms with Crippen molar-refractivity contribution in [1.29, 1.82) is 0 Å². The van der Waals surface area contributed by atoms with Gasteiger partial charge in [0.2, 0.25) is 5.91 Å². The summed E-state index contributed by atoms with van der Waals surface area (Å²) in [5, 5.41) is 0. The molecule has 0 unspecified atom stereocenters. The molecule has 2 aliphatic heterocycles. The van der Waals surface area contributed by atoms with Crippen LogP contribution in [0.1, 0.15) is 69.8 Å². The Morgan fingerprint density at radius 3 is 2.21 bits per heavy atom. The van der Waals surface area contributed by atoms with Gasteiger partial charge in [0.25, 0.3) is 0 Å². The highest BCUT2D eigenvalue weighted by molar-refractivity contribution is 6.09. The minimum atomic E-state index is -0.349. The summed E-state index contributed by atoms with van der Waals surface area (Å²) in [6.07, 6.45) is 11.2. The summed E-state index contributed by atoms with van der Waals surface area (Å²) in [5.41, 5.74) is 1.39. The molecule has 2 fully saturated rings. The third-order valence-electron chi connectivity index (χ3n) is 6.77. The van der Waals surface area contributed by atoms with Crippen LogP contribution in [0.2, 0.25) is 0 Å². The second-order valence-electron chi connectivity index (χ2n) is 8.70. The van der Waals surface area contributed by atoms with Gasteiger partial charge in [-0.1, -0.05) is 38.2 Å². The van der Waals surface area contributed by atoms with Crippen molar-refractivity contribution in [3.05, 3.63) is 29.6 Å². The zero-order valence-electron chi connectivity index (χ0n) is 16.7. The first-order chi connectivity index (χ1) is 13.6. The normalized spacial score (nSPS) is 23.8. The van der Waals surface area contributed by atoms with Gasteiger partial charge in [0.1, 0.15) is 11.6 Å². The van der Waals surface area contributed by atoms with Gasteiger partial charge < -0.3 is 9.80 Å². The first kappa shape index (κ1) is 19.6. The van der Waals surface area contributed by atoms with E-state index in [1.54, 1.807) is 11.0 Å². The molecule has 0 aromatic heterocycles. The summed E-state index contributed by atoms with van der Waals surface area (Å²) in [6, 6.07) is 5.22. The summed E-state index contributed by atoms with van der Waals surface area (Å²) in [5.74, 6) is -0.594. The van der Waals surface area contributed by atoms with Gasteiger partial charge in [0.15, 0.2) is 0 Å². The van der Waals surface area contributed by atoms with Crippen molar-refractivity contribution in [1.82, 2.24) is 4.90 Å². The fraction of sp³-hybridized carbons (Fsp3) is 0.652. The van der Waals surface area contributed by atoms with Gasteiger partial charge in [0, 0.05) is 31.6 Å². The molecule has 1 aromatic rings. The number of carbonyl (C=O) groups is 2. The van der Waals surface area contributed by atoms with Gasteiger partial charge in [-0.25, -0.2) is 4.39 Å². The zero-order chi connectivity index (χ0) is 19.5. The quantitative estimate of drug-likeness (QED) is 0.714. The number of carbonyl (C=O) groups excluding carboxylic acids is 2. The van der Waals surface area contributed by atoms with E-state index < -0.39 is 0 Å². The minimum absolute atomic E-state index is 0.0590. The molecule has 152 valence electrons. The lowest BCUT2D eigenvalue weighted by Crippen LogP contribution is -2.50. The molecule has 4 rings (SSSR count). The molecule has 3 aliphatic rings. The Hall–Kier alpha value is -1.75. The lowest BCUT2D eigenvalue weighted by atomic mass is 9.93. The Balaban J connectivity index is 1.48. The number of hydrogen-bond donors (Lipinski definition) is 0. The maximum absolute atomic E-state index is 13.9. The second-order valence-corrected chi connectivity index (χ2v) is 8.70. The number of anilines is 1. The number of nitrogens with zero attached hydrogens (tertiary/aromatic N) is 2. The Morgan fingerprint density at radius 2 is 1.50 bits per heavy atom. The molecule has 0 bridgehead atoms. The Morgan fingerprint density at radius 1 is 0.821 bits per heavy atom. The molecule has 2 heterocycles. The number of fused-ring (bicyclic) bond motifs is 1. The van der Waals surface area contributed by atoms with E-state index in [9.17, 15) is 14.0 Å². The molecule has 1 saturated carbocycles. The van der Waals surface area contributed by atoms with Crippen molar-refractivity contribution in [2.75, 3.05) is 18.0 Å². The molecule has 1 amide bonds. The predicted molar refractivity (Wildman–Crippen MR) is 108 cm³/mol. The van der Waals surface area contributed by atoms with Crippen LogP contribution in [0, 0.1) is 5.82 Å². The van der Waals surface area contributed by atoms with E-state index in [4.69, 9.17) is 0 Å². The monoisotopic (exact) mass is 386 g/mol. The summed E-state index contributed by atoms with van der Waals surface area (Å²) >= 11 is 0. The van der Waals surface area contributed by atoms with Gasteiger partial charge in [0.05, 0.1) is 12.1 Å². The minimum Gasteiger partial charge on any atom is -0.308 e. The summed E-state index contributed by atoms with van der Waals surface area (Å²) in [6.45, 7) is 1.97. The third kappa shape index (κ3) is 4.29. The van der Waals surface area contributed by atoms with E-state index in [2.05, 4.69) is 4.90 Å². The third-order valence-corrected chi connectivity index (χ3v) is 6.77. The molecule has 0 spiro atoms. The lowest BCUT2D eigenvalue weighted by Gasteiger charge is -2.42. The van der Waals surface area contributed by atoms with Crippen molar-refractivity contribution >= 4 is 17.4 Å². The van der Waals surface area contributed by atoms with Crippen LogP contribution in [-0.2, 0) is 16.0 Å². The van der Waals surface area contributed by atoms with E-state index in [0.717, 1.165) is 31.5 Å². The molecule has 0 radical (unpaired) electrons. The number of benzene rings is 1. The van der Waals surface area contributed by atoms with Crippen molar-refractivity contribution in [2.24, 2.45) is 0 Å². The van der Waals surface area contributed by atoms with Gasteiger partial charge in [-0.3, -0.25) is 9.59 Å². The van der Waals surface area contributed by atoms with Crippen molar-refractivity contribution < 1.29 is 14.0 Å². The molecule has 1 aliphatic carbocycles. The number of hydrogen-bond acceptors (Lipinski definition) is 3. The molecule has 0 atom stereocenters. The zero-order valence-corrected chi connectivity index (χ0v) is 16.7. The van der Waals surface area contributed by atoms with Crippen molar-refractivity contribution in [3.63, 3.8) is 0 Å². The maximum atomic E-state index is 13.9. The Bertz CT molecular complexity index is 719. The average molecular weight is 387 g/mol. The van der Waals surface area contributed by atoms with Crippen LogP contribution in [0.4, 0.5) is 10.1 Å². The van der Waals surface area contributed by atoms with E-state index in [-0.39, 0.29) is 36.4 Å². The first-order valence-electron chi connectivity index (χ1n) is 11.0. The van der Waals surface area contributed by atoms with Gasteiger partial charge in [-0.2, -0.15) is 0 Å². The summed E-state index contributed by atoms with van der Waals surface area (Å²) < 4.78 is 13.9. The Kier molecular flexibility index (Phi) is 6.10. The smallest absolute Gasteiger partial charge is 0.234 e. The fourth-order valence-corrected chi connectivity index (χ4v) is 5.28. The van der Waals surface area contributed by atoms with E-state index in [1.807, 2.05) is 0 Å². The van der Waals surface area contributed by atoms with E-state index in [0.29, 0.717) is 11.7 Å². The van der Waals surface area contributed by atoms with Crippen molar-refractivity contribution in [3.8, 4) is 0 Å². The van der Waals surface area contributed by atoms with Crippen molar-refractivity contribution in [2.45, 2.75) is 82.7 Å². The van der Waals surface area contributed by atoms with E-state index in [1.165, 1.54) is 57.1 Å². The highest BCUT2D eigenvalue weighted by Crippen LogP contribution is 2.33. The largest absolute Gasteiger partial charge is 0.308 e. The molecule has 28 heavy (non-hydrogen) atoms. The van der Waals surface area contributed by atoms with Crippen LogP contribution in [0.15, 0.2) is 18.2 Å². The van der Waals surface area contributed by atoms with Crippen LogP contribution in [-0.4, -0.2) is 41.8 Å². The number of ketones is 1. The van der Waals surface area contributed by atoms with Gasteiger partial charge in [-0.05, 0) is 43.4 Å². The number of amides is 1. The number of piperidine rings is 1. The molecular formula is C23H31FN2O2. The topological polar surface area (TPSA) is 40.6 Å². The molecular weight excluding hydrogens is 355 g/mol. The highest BCUT2D eigenvalue weighted by atomic mass is 19.1. The number of likely N-dealkylation sites (tertiary alicyclic amines) is 1.